The smallest absolute Gasteiger partial charge is 0.244 e. The van der Waals surface area contributed by atoms with Crippen LogP contribution in [0.5, 0.6) is 5.75 Å². The van der Waals surface area contributed by atoms with Crippen LogP contribution in [-0.2, 0) is 11.2 Å². The van der Waals surface area contributed by atoms with Gasteiger partial charge in [-0.3, -0.25) is 4.79 Å². The molecular formula is C23H27N3O2. The molecule has 28 heavy (non-hydrogen) atoms. The van der Waals surface area contributed by atoms with E-state index < -0.39 is 0 Å². The number of carbonyl (C=O) groups is 1. The molecule has 0 unspecified atom stereocenters. The van der Waals surface area contributed by atoms with E-state index in [4.69, 9.17) is 9.72 Å². The average molecular weight is 377 g/mol. The molecule has 1 amide bonds. The maximum atomic E-state index is 12.1. The van der Waals surface area contributed by atoms with Crippen molar-refractivity contribution in [1.29, 1.82) is 0 Å². The van der Waals surface area contributed by atoms with Crippen molar-refractivity contribution in [1.82, 2.24) is 14.9 Å². The third-order valence-corrected chi connectivity index (χ3v) is 4.45. The third kappa shape index (κ3) is 4.80. The second kappa shape index (κ2) is 9.22. The number of amides is 1. The standard InChI is InChI=1S/C23H27N3O2/c1-4-28-19-12-9-18(10-13-19)11-14-23(27)24-16-15-22-25-20-7-5-6-8-21(20)26(22)17(2)3/h5-14,17H,4,15-16H2,1-3H3,(H,24,27)/b14-11+. The van der Waals surface area contributed by atoms with Crippen molar-refractivity contribution >= 4 is 23.0 Å². The van der Waals surface area contributed by atoms with Gasteiger partial charge in [0.15, 0.2) is 0 Å². The Morgan fingerprint density at radius 2 is 1.93 bits per heavy atom. The van der Waals surface area contributed by atoms with Crippen LogP contribution in [0.25, 0.3) is 17.1 Å². The summed E-state index contributed by atoms with van der Waals surface area (Å²) >= 11 is 0. The van der Waals surface area contributed by atoms with Gasteiger partial charge in [0.25, 0.3) is 0 Å². The fourth-order valence-electron chi connectivity index (χ4n) is 3.22. The molecule has 5 heteroatoms. The van der Waals surface area contributed by atoms with Gasteiger partial charge in [0.05, 0.1) is 17.6 Å². The van der Waals surface area contributed by atoms with Gasteiger partial charge in [0.1, 0.15) is 11.6 Å². The summed E-state index contributed by atoms with van der Waals surface area (Å²) in [4.78, 5) is 16.8. The molecule has 3 rings (SSSR count). The highest BCUT2D eigenvalue weighted by Crippen LogP contribution is 2.21. The van der Waals surface area contributed by atoms with Crippen LogP contribution in [0.3, 0.4) is 0 Å². The number of aromatic nitrogens is 2. The largest absolute Gasteiger partial charge is 0.494 e. The summed E-state index contributed by atoms with van der Waals surface area (Å²) in [5, 5.41) is 2.94. The minimum atomic E-state index is -0.110. The molecule has 5 nitrogen and oxygen atoms in total. The number of ether oxygens (including phenoxy) is 1. The van der Waals surface area contributed by atoms with Crippen LogP contribution >= 0.6 is 0 Å². The Bertz CT molecular complexity index is 956. The zero-order valence-electron chi connectivity index (χ0n) is 16.7. The lowest BCUT2D eigenvalue weighted by Crippen LogP contribution is -2.24. The molecule has 0 aliphatic carbocycles. The molecule has 0 atom stereocenters. The molecule has 146 valence electrons. The summed E-state index contributed by atoms with van der Waals surface area (Å²) in [7, 11) is 0. The Balaban J connectivity index is 1.57. The number of hydrogen-bond donors (Lipinski definition) is 1. The maximum absolute atomic E-state index is 12.1. The first-order chi connectivity index (χ1) is 13.6. The third-order valence-electron chi connectivity index (χ3n) is 4.45. The number of rotatable bonds is 8. The Labute approximate surface area is 166 Å². The van der Waals surface area contributed by atoms with E-state index in [0.29, 0.717) is 25.6 Å². The van der Waals surface area contributed by atoms with Gasteiger partial charge in [-0.25, -0.2) is 4.98 Å². The number of nitrogens with zero attached hydrogens (tertiary/aromatic N) is 2. The van der Waals surface area contributed by atoms with E-state index in [1.807, 2.05) is 49.4 Å². The van der Waals surface area contributed by atoms with Crippen LogP contribution in [0.4, 0.5) is 0 Å². The molecule has 0 aliphatic rings. The minimum absolute atomic E-state index is 0.110. The van der Waals surface area contributed by atoms with Crippen molar-refractivity contribution in [3.8, 4) is 5.75 Å². The van der Waals surface area contributed by atoms with Crippen LogP contribution in [-0.4, -0.2) is 28.6 Å². The zero-order chi connectivity index (χ0) is 19.9. The quantitative estimate of drug-likeness (QED) is 0.593. The van der Waals surface area contributed by atoms with Crippen LogP contribution in [0.1, 0.15) is 38.2 Å². The lowest BCUT2D eigenvalue weighted by Gasteiger charge is -2.13. The van der Waals surface area contributed by atoms with Gasteiger partial charge < -0.3 is 14.6 Å². The molecular weight excluding hydrogens is 350 g/mol. The van der Waals surface area contributed by atoms with Gasteiger partial charge >= 0.3 is 0 Å². The molecule has 0 fully saturated rings. The first-order valence-corrected chi connectivity index (χ1v) is 9.73. The maximum Gasteiger partial charge on any atom is 0.244 e. The molecule has 1 heterocycles. The van der Waals surface area contributed by atoms with Crippen LogP contribution < -0.4 is 10.1 Å². The van der Waals surface area contributed by atoms with Crippen molar-refractivity contribution < 1.29 is 9.53 Å². The van der Waals surface area contributed by atoms with Gasteiger partial charge in [-0.15, -0.1) is 0 Å². The highest BCUT2D eigenvalue weighted by molar-refractivity contribution is 5.91. The molecule has 0 spiro atoms. The summed E-state index contributed by atoms with van der Waals surface area (Å²) < 4.78 is 7.65. The van der Waals surface area contributed by atoms with E-state index in [2.05, 4.69) is 29.8 Å². The molecule has 0 saturated heterocycles. The Morgan fingerprint density at radius 3 is 2.64 bits per heavy atom. The van der Waals surface area contributed by atoms with E-state index in [0.717, 1.165) is 28.2 Å². The first-order valence-electron chi connectivity index (χ1n) is 9.73. The molecule has 2 aromatic carbocycles. The Morgan fingerprint density at radius 1 is 1.18 bits per heavy atom. The van der Waals surface area contributed by atoms with Crippen molar-refractivity contribution in [3.63, 3.8) is 0 Å². The summed E-state index contributed by atoms with van der Waals surface area (Å²) in [6, 6.07) is 16.1. The average Bonchev–Trinajstić information content (AvgIpc) is 3.06. The van der Waals surface area contributed by atoms with Crippen molar-refractivity contribution in [2.24, 2.45) is 0 Å². The zero-order valence-corrected chi connectivity index (χ0v) is 16.7. The topological polar surface area (TPSA) is 56.1 Å². The van der Waals surface area contributed by atoms with E-state index in [1.165, 1.54) is 0 Å². The molecule has 0 bridgehead atoms. The summed E-state index contributed by atoms with van der Waals surface area (Å²) in [5.74, 6) is 1.71. The summed E-state index contributed by atoms with van der Waals surface area (Å²) in [6.45, 7) is 7.44. The number of para-hydroxylation sites is 2. The van der Waals surface area contributed by atoms with Gasteiger partial charge in [-0.05, 0) is 56.7 Å². The van der Waals surface area contributed by atoms with Gasteiger partial charge in [0.2, 0.25) is 5.91 Å². The molecule has 1 aromatic heterocycles. The van der Waals surface area contributed by atoms with Crippen molar-refractivity contribution in [2.75, 3.05) is 13.2 Å². The highest BCUT2D eigenvalue weighted by atomic mass is 16.5. The second-order valence-electron chi connectivity index (χ2n) is 6.86. The summed E-state index contributed by atoms with van der Waals surface area (Å²) in [5.41, 5.74) is 3.09. The van der Waals surface area contributed by atoms with E-state index in [-0.39, 0.29) is 5.91 Å². The molecule has 1 N–H and O–H groups in total. The monoisotopic (exact) mass is 377 g/mol. The van der Waals surface area contributed by atoms with Crippen LogP contribution in [0, 0.1) is 0 Å². The van der Waals surface area contributed by atoms with Crippen LogP contribution in [0.15, 0.2) is 54.6 Å². The minimum Gasteiger partial charge on any atom is -0.494 e. The van der Waals surface area contributed by atoms with Gasteiger partial charge in [-0.1, -0.05) is 24.3 Å². The van der Waals surface area contributed by atoms with Gasteiger partial charge in [-0.2, -0.15) is 0 Å². The predicted molar refractivity (Wildman–Crippen MR) is 113 cm³/mol. The second-order valence-corrected chi connectivity index (χ2v) is 6.86. The lowest BCUT2D eigenvalue weighted by atomic mass is 10.2. The SMILES string of the molecule is CCOc1ccc(/C=C/C(=O)NCCc2nc3ccccc3n2C(C)C)cc1. The molecule has 0 radical (unpaired) electrons. The van der Waals surface area contributed by atoms with E-state index >= 15 is 0 Å². The number of hydrogen-bond acceptors (Lipinski definition) is 3. The number of imidazole rings is 1. The number of carbonyl (C=O) groups excluding carboxylic acids is 1. The van der Waals surface area contributed by atoms with E-state index in [9.17, 15) is 4.79 Å². The first kappa shape index (κ1) is 19.7. The lowest BCUT2D eigenvalue weighted by molar-refractivity contribution is -0.116. The highest BCUT2D eigenvalue weighted by Gasteiger charge is 2.12. The molecule has 3 aromatic rings. The summed E-state index contributed by atoms with van der Waals surface area (Å²) in [6.07, 6.45) is 4.05. The fourth-order valence-corrected chi connectivity index (χ4v) is 3.22. The Hall–Kier alpha value is -3.08. The molecule has 0 saturated carbocycles. The van der Waals surface area contributed by atoms with E-state index in [1.54, 1.807) is 12.2 Å². The number of nitrogens with one attached hydrogen (secondary N) is 1. The number of benzene rings is 2. The van der Waals surface area contributed by atoms with Crippen molar-refractivity contribution in [3.05, 3.63) is 66.0 Å². The van der Waals surface area contributed by atoms with Crippen molar-refractivity contribution in [2.45, 2.75) is 33.2 Å². The predicted octanol–water partition coefficient (Wildman–Crippen LogP) is 4.39. The van der Waals surface area contributed by atoms with Gasteiger partial charge in [0, 0.05) is 25.1 Å². The normalized spacial score (nSPS) is 11.4. The molecule has 0 aliphatic heterocycles. The fraction of sp³-hybridized carbons (Fsp3) is 0.304. The number of fused-ring (bicyclic) bond motifs is 1. The Kier molecular flexibility index (Phi) is 6.48. The van der Waals surface area contributed by atoms with Crippen LogP contribution in [0.2, 0.25) is 0 Å².